The highest BCUT2D eigenvalue weighted by Crippen LogP contribution is 2.56. The molecule has 3 nitrogen and oxygen atoms in total. The van der Waals surface area contributed by atoms with Crippen molar-refractivity contribution in [1.82, 2.24) is 0 Å². The Labute approximate surface area is 362 Å². The van der Waals surface area contributed by atoms with Crippen molar-refractivity contribution in [1.29, 1.82) is 0 Å². The van der Waals surface area contributed by atoms with Gasteiger partial charge >= 0.3 is 6.85 Å². The van der Waals surface area contributed by atoms with E-state index in [9.17, 15) is 0 Å². The van der Waals surface area contributed by atoms with Gasteiger partial charge in [-0.1, -0.05) is 155 Å². The summed E-state index contributed by atoms with van der Waals surface area (Å²) in [7, 11) is 0. The van der Waals surface area contributed by atoms with Crippen molar-refractivity contribution in [2.24, 2.45) is 0 Å². The van der Waals surface area contributed by atoms with Crippen LogP contribution in [0.5, 0.6) is 0 Å². The predicted molar refractivity (Wildman–Crippen MR) is 261 cm³/mol. The van der Waals surface area contributed by atoms with Crippen molar-refractivity contribution in [2.75, 3.05) is 9.71 Å². The largest absolute Gasteiger partial charge is 0.455 e. The van der Waals surface area contributed by atoms with Gasteiger partial charge in [-0.15, -0.1) is 0 Å². The van der Waals surface area contributed by atoms with Gasteiger partial charge in [0.1, 0.15) is 11.2 Å². The van der Waals surface area contributed by atoms with Crippen LogP contribution in [-0.2, 0) is 21.7 Å². The van der Waals surface area contributed by atoms with Gasteiger partial charge < -0.3 is 14.1 Å². The van der Waals surface area contributed by atoms with E-state index in [1.807, 2.05) is 0 Å². The lowest BCUT2D eigenvalue weighted by molar-refractivity contribution is 0.590. The molecule has 2 aliphatic heterocycles. The van der Waals surface area contributed by atoms with Crippen molar-refractivity contribution in [2.45, 2.75) is 97.8 Å². The Balaban J connectivity index is 1.31. The van der Waals surface area contributed by atoms with Gasteiger partial charge in [-0.05, 0) is 121 Å². The molecule has 0 spiro atoms. The molecular formula is C57H55BN2O. The minimum Gasteiger partial charge on any atom is -0.455 e. The van der Waals surface area contributed by atoms with Gasteiger partial charge in [-0.25, -0.2) is 0 Å². The summed E-state index contributed by atoms with van der Waals surface area (Å²) in [5, 5.41) is 2.28. The highest BCUT2D eigenvalue weighted by molar-refractivity contribution is 6.94. The summed E-state index contributed by atoms with van der Waals surface area (Å²) in [6.07, 6.45) is 0. The van der Waals surface area contributed by atoms with E-state index in [1.165, 1.54) is 83.7 Å². The summed E-state index contributed by atoms with van der Waals surface area (Å²) in [4.78, 5) is 5.22. The summed E-state index contributed by atoms with van der Waals surface area (Å²) in [6, 6.07) is 51.1. The molecule has 1 aromatic heterocycles. The molecule has 1 aliphatic carbocycles. The number of furan rings is 1. The first kappa shape index (κ1) is 38.0. The molecule has 0 saturated carbocycles. The van der Waals surface area contributed by atoms with E-state index >= 15 is 0 Å². The zero-order chi connectivity index (χ0) is 42.5. The number of rotatable bonds is 2. The van der Waals surface area contributed by atoms with Gasteiger partial charge in [-0.3, -0.25) is 0 Å². The smallest absolute Gasteiger partial charge is 0.333 e. The minimum absolute atomic E-state index is 0.0315. The fourth-order valence-corrected chi connectivity index (χ4v) is 10.7. The quantitative estimate of drug-likeness (QED) is 0.163. The maximum Gasteiger partial charge on any atom is 0.333 e. The van der Waals surface area contributed by atoms with Crippen LogP contribution in [0.15, 0.2) is 138 Å². The second kappa shape index (κ2) is 12.5. The van der Waals surface area contributed by atoms with E-state index in [0.717, 1.165) is 27.6 Å². The highest BCUT2D eigenvalue weighted by atomic mass is 16.3. The van der Waals surface area contributed by atoms with Gasteiger partial charge in [0.25, 0.3) is 0 Å². The Morgan fingerprint density at radius 1 is 0.492 bits per heavy atom. The Bertz CT molecular complexity index is 3110. The number of anilines is 5. The average molecular weight is 795 g/mol. The van der Waals surface area contributed by atoms with Crippen molar-refractivity contribution >= 4 is 68.1 Å². The maximum absolute atomic E-state index is 7.13. The topological polar surface area (TPSA) is 19.6 Å². The van der Waals surface area contributed by atoms with Gasteiger partial charge in [0.2, 0.25) is 0 Å². The van der Waals surface area contributed by atoms with Crippen molar-refractivity contribution in [3.8, 4) is 22.3 Å². The molecule has 11 rings (SSSR count). The lowest BCUT2D eigenvalue weighted by Crippen LogP contribution is -2.61. The molecule has 0 fully saturated rings. The Morgan fingerprint density at radius 3 is 1.77 bits per heavy atom. The van der Waals surface area contributed by atoms with E-state index in [2.05, 4.69) is 219 Å². The summed E-state index contributed by atoms with van der Waals surface area (Å²) >= 11 is 0. The standard InChI is InChI=1S/C57H55BN2O/c1-54(2,3)34-20-25-37(26-21-34)59-47-29-24-36(56(7,8)9)30-46(47)58-52-49(59)32-42-40-17-13-15-19-50(40)61-53(42)51(52)43-31-41-39-16-12-14-18-44(39)57(10,11)45(41)33-48(43)60(58)38-27-22-35(23-28-38)55(4,5)6/h12-33H,1-11H3. The number of benzene rings is 7. The summed E-state index contributed by atoms with van der Waals surface area (Å²) < 4.78 is 7.13. The highest BCUT2D eigenvalue weighted by Gasteiger charge is 2.48. The molecule has 0 amide bonds. The second-order valence-electron chi connectivity index (χ2n) is 21.5. The molecule has 3 aliphatic rings. The first-order chi connectivity index (χ1) is 28.9. The van der Waals surface area contributed by atoms with Gasteiger partial charge in [-0.2, -0.15) is 0 Å². The maximum atomic E-state index is 7.13. The predicted octanol–water partition coefficient (Wildman–Crippen LogP) is 14.5. The van der Waals surface area contributed by atoms with Crippen molar-refractivity contribution < 1.29 is 4.42 Å². The van der Waals surface area contributed by atoms with Crippen molar-refractivity contribution in [3.05, 3.63) is 161 Å². The third-order valence-corrected chi connectivity index (χ3v) is 14.1. The van der Waals surface area contributed by atoms with Crippen LogP contribution in [0.4, 0.5) is 28.4 Å². The first-order valence-corrected chi connectivity index (χ1v) is 22.1. The van der Waals surface area contributed by atoms with E-state index in [1.54, 1.807) is 0 Å². The van der Waals surface area contributed by atoms with Gasteiger partial charge in [0.05, 0.1) is 0 Å². The number of nitrogens with zero attached hydrogens (tertiary/aromatic N) is 2. The summed E-state index contributed by atoms with van der Waals surface area (Å²) in [6.45, 7) is 25.4. The number of fused-ring (bicyclic) bond motifs is 11. The third kappa shape index (κ3) is 5.50. The molecule has 0 saturated heterocycles. The van der Waals surface area contributed by atoms with Crippen molar-refractivity contribution in [3.63, 3.8) is 0 Å². The fraction of sp³-hybridized carbons (Fsp3) is 0.263. The molecule has 0 atom stereocenters. The van der Waals surface area contributed by atoms with Gasteiger partial charge in [0.15, 0.2) is 0 Å². The molecule has 0 N–H and O–H groups in total. The van der Waals surface area contributed by atoms with Crippen LogP contribution in [0.3, 0.4) is 0 Å². The third-order valence-electron chi connectivity index (χ3n) is 14.1. The molecule has 4 heteroatoms. The lowest BCUT2D eigenvalue weighted by Gasteiger charge is -2.46. The molecular weight excluding hydrogens is 739 g/mol. The number of para-hydroxylation sites is 1. The Hall–Kier alpha value is -6.00. The average Bonchev–Trinajstić information content (AvgIpc) is 3.70. The van der Waals surface area contributed by atoms with E-state index in [0.29, 0.717) is 0 Å². The van der Waals surface area contributed by atoms with E-state index in [-0.39, 0.29) is 28.5 Å². The molecule has 0 unspecified atom stereocenters. The van der Waals surface area contributed by atoms with Crippen LogP contribution < -0.4 is 20.6 Å². The van der Waals surface area contributed by atoms with Crippen LogP contribution in [-0.4, -0.2) is 6.85 Å². The monoisotopic (exact) mass is 794 g/mol. The molecule has 61 heavy (non-hydrogen) atoms. The second-order valence-corrected chi connectivity index (χ2v) is 21.5. The minimum atomic E-state index is -0.167. The molecule has 8 aromatic rings. The van der Waals surface area contributed by atoms with Crippen LogP contribution >= 0.6 is 0 Å². The van der Waals surface area contributed by atoms with Crippen LogP contribution in [0.25, 0.3) is 44.2 Å². The molecule has 3 heterocycles. The summed E-state index contributed by atoms with van der Waals surface area (Å²) in [5.74, 6) is 0. The Kier molecular flexibility index (Phi) is 7.80. The normalized spacial score (nSPS) is 15.2. The lowest BCUT2D eigenvalue weighted by atomic mass is 9.43. The number of hydrogen-bond acceptors (Lipinski definition) is 3. The summed E-state index contributed by atoms with van der Waals surface area (Å²) in [5.41, 5.74) is 22.0. The zero-order valence-electron chi connectivity index (χ0n) is 37.6. The molecule has 302 valence electrons. The molecule has 0 bridgehead atoms. The zero-order valence-corrected chi connectivity index (χ0v) is 37.6. The molecule has 7 aromatic carbocycles. The molecule has 0 radical (unpaired) electrons. The van der Waals surface area contributed by atoms with Crippen LogP contribution in [0.1, 0.15) is 104 Å². The SMILES string of the molecule is CC(C)(C)c1ccc(N2B3c4cc(C(C)(C)C)ccc4N(c4ccc(C(C)(C)C)cc4)c4cc5c(oc6ccccc65)c(c43)-c3cc4c(cc32)C(C)(C)c2ccccc2-4)cc1. The fourth-order valence-electron chi connectivity index (χ4n) is 10.7. The first-order valence-electron chi connectivity index (χ1n) is 22.1. The van der Waals surface area contributed by atoms with Crippen LogP contribution in [0, 0.1) is 0 Å². The van der Waals surface area contributed by atoms with Crippen LogP contribution in [0.2, 0.25) is 0 Å². The Morgan fingerprint density at radius 2 is 1.10 bits per heavy atom. The van der Waals surface area contributed by atoms with E-state index in [4.69, 9.17) is 4.42 Å². The number of hydrogen-bond donors (Lipinski definition) is 0. The van der Waals surface area contributed by atoms with Gasteiger partial charge in [0, 0.05) is 55.8 Å². The van der Waals surface area contributed by atoms with E-state index < -0.39 is 0 Å².